The maximum atomic E-state index is 11.3. The number of ether oxygens (including phenoxy) is 1. The highest BCUT2D eigenvalue weighted by Crippen LogP contribution is 2.62. The van der Waals surface area contributed by atoms with Gasteiger partial charge in [0.15, 0.2) is 0 Å². The lowest BCUT2D eigenvalue weighted by molar-refractivity contribution is 0.189. The van der Waals surface area contributed by atoms with Crippen molar-refractivity contribution in [3.8, 4) is 5.75 Å². The second kappa shape index (κ2) is 7.29. The molecule has 5 nitrogen and oxygen atoms in total. The molecule has 3 aromatic carbocycles. The Labute approximate surface area is 167 Å². The fourth-order valence-corrected chi connectivity index (χ4v) is 5.76. The van der Waals surface area contributed by atoms with Gasteiger partial charge in [-0.15, -0.1) is 0 Å². The van der Waals surface area contributed by atoms with Crippen LogP contribution in [0.1, 0.15) is 18.9 Å². The molecule has 0 aromatic heterocycles. The van der Waals surface area contributed by atoms with Crippen LogP contribution in [0.15, 0.2) is 60.7 Å². The number of fused-ring (bicyclic) bond motifs is 2. The van der Waals surface area contributed by atoms with Crippen LogP contribution in [0.4, 0.5) is 11.4 Å². The second-order valence-electron chi connectivity index (χ2n) is 7.40. The molecule has 4 rings (SSSR count). The minimum absolute atomic E-state index is 0.109. The maximum Gasteiger partial charge on any atom is 0.209 e. The molecule has 0 radical (unpaired) electrons. The van der Waals surface area contributed by atoms with Crippen LogP contribution in [0.2, 0.25) is 0 Å². The van der Waals surface area contributed by atoms with Gasteiger partial charge in [0.05, 0.1) is 5.69 Å². The summed E-state index contributed by atoms with van der Waals surface area (Å²) in [6.45, 7) is 4.42. The first-order chi connectivity index (χ1) is 13.4. The van der Waals surface area contributed by atoms with Gasteiger partial charge in [-0.3, -0.25) is 9.11 Å². The molecule has 4 N–H and O–H groups in total. The lowest BCUT2D eigenvalue weighted by atomic mass is 10.1. The van der Waals surface area contributed by atoms with Gasteiger partial charge in [-0.1, -0.05) is 59.7 Å². The van der Waals surface area contributed by atoms with Gasteiger partial charge in [0.2, 0.25) is 5.44 Å². The quantitative estimate of drug-likeness (QED) is 0.529. The Balaban J connectivity index is 1.92. The van der Waals surface area contributed by atoms with Gasteiger partial charge >= 0.3 is 0 Å². The van der Waals surface area contributed by atoms with Crippen molar-refractivity contribution in [3.63, 3.8) is 0 Å². The van der Waals surface area contributed by atoms with Crippen LogP contribution in [0.25, 0.3) is 10.8 Å². The Morgan fingerprint density at radius 3 is 2.36 bits per heavy atom. The number of nitrogens with zero attached hydrogens (tertiary/aromatic N) is 1. The van der Waals surface area contributed by atoms with E-state index in [1.807, 2.05) is 74.5 Å². The minimum atomic E-state index is -3.28. The van der Waals surface area contributed by atoms with Crippen molar-refractivity contribution in [3.05, 3.63) is 66.2 Å². The highest BCUT2D eigenvalue weighted by Gasteiger charge is 2.44. The molecular weight excluding hydrogens is 372 g/mol. The first-order valence-corrected chi connectivity index (χ1v) is 11.0. The third-order valence-corrected chi connectivity index (χ3v) is 7.35. The van der Waals surface area contributed by atoms with E-state index in [4.69, 9.17) is 10.5 Å². The molecule has 0 saturated heterocycles. The zero-order chi connectivity index (χ0) is 19.9. The van der Waals surface area contributed by atoms with Crippen molar-refractivity contribution in [2.24, 2.45) is 11.7 Å². The third kappa shape index (κ3) is 3.22. The number of anilines is 2. The van der Waals surface area contributed by atoms with Crippen LogP contribution >= 0.6 is 10.8 Å². The highest BCUT2D eigenvalue weighted by molar-refractivity contribution is 8.26. The summed E-state index contributed by atoms with van der Waals surface area (Å²) in [4.78, 5) is 0. The average molecular weight is 399 g/mol. The molecule has 2 unspecified atom stereocenters. The second-order valence-corrected chi connectivity index (χ2v) is 9.35. The largest absolute Gasteiger partial charge is 0.466 e. The molecule has 28 heavy (non-hydrogen) atoms. The van der Waals surface area contributed by atoms with E-state index in [1.54, 1.807) is 4.31 Å². The molecule has 1 aliphatic heterocycles. The van der Waals surface area contributed by atoms with Crippen LogP contribution in [0.5, 0.6) is 5.75 Å². The lowest BCUT2D eigenvalue weighted by Crippen LogP contribution is -2.43. The van der Waals surface area contributed by atoms with Crippen molar-refractivity contribution in [1.82, 2.24) is 0 Å². The topological polar surface area (TPSA) is 79.0 Å². The van der Waals surface area contributed by atoms with Gasteiger partial charge < -0.3 is 10.5 Å². The molecule has 0 aliphatic carbocycles. The van der Waals surface area contributed by atoms with E-state index < -0.39 is 16.2 Å². The van der Waals surface area contributed by atoms with Gasteiger partial charge in [-0.25, -0.2) is 4.31 Å². The van der Waals surface area contributed by atoms with Gasteiger partial charge in [-0.05, 0) is 54.9 Å². The first-order valence-electron chi connectivity index (χ1n) is 9.45. The van der Waals surface area contributed by atoms with Crippen molar-refractivity contribution >= 4 is 32.9 Å². The molecule has 2 atom stereocenters. The summed E-state index contributed by atoms with van der Waals surface area (Å²) in [5.41, 5.74) is 7.48. The molecule has 0 bridgehead atoms. The number of aryl methyl sites for hydroxylation is 1. The molecular formula is C22H26N2O3S. The standard InChI is InChI=1S/C22H26N2O3S/c1-15-7-9-19(10-8-15)24-20-13-17-5-3-4-6-18(17)14-21(20)27-22(28(24,25)26)16(2)11-12-23/h3-10,13-14,16,22,25-26H,11-12,23H2,1-2H3. The van der Waals surface area contributed by atoms with Gasteiger partial charge in [0.1, 0.15) is 11.4 Å². The van der Waals surface area contributed by atoms with E-state index in [0.29, 0.717) is 24.4 Å². The summed E-state index contributed by atoms with van der Waals surface area (Å²) < 4.78 is 30.5. The van der Waals surface area contributed by atoms with E-state index in [2.05, 4.69) is 0 Å². The van der Waals surface area contributed by atoms with Crippen molar-refractivity contribution in [2.75, 3.05) is 10.8 Å². The summed E-state index contributed by atoms with van der Waals surface area (Å²) >= 11 is 0. The fraction of sp³-hybridized carbons (Fsp3) is 0.273. The number of hydrogen-bond donors (Lipinski definition) is 3. The number of benzene rings is 3. The predicted molar refractivity (Wildman–Crippen MR) is 117 cm³/mol. The smallest absolute Gasteiger partial charge is 0.209 e. The molecule has 1 heterocycles. The van der Waals surface area contributed by atoms with Crippen LogP contribution in [0, 0.1) is 12.8 Å². The Bertz CT molecular complexity index is 991. The third-order valence-electron chi connectivity index (χ3n) is 5.22. The summed E-state index contributed by atoms with van der Waals surface area (Å²) in [5, 5.41) is 2.07. The Kier molecular flexibility index (Phi) is 4.97. The van der Waals surface area contributed by atoms with E-state index in [0.717, 1.165) is 22.0 Å². The summed E-state index contributed by atoms with van der Waals surface area (Å²) in [5.74, 6) is 0.543. The number of nitrogens with two attached hydrogens (primary N) is 1. The van der Waals surface area contributed by atoms with Crippen molar-refractivity contribution in [2.45, 2.75) is 25.7 Å². The van der Waals surface area contributed by atoms with Gasteiger partial charge in [-0.2, -0.15) is 0 Å². The summed E-state index contributed by atoms with van der Waals surface area (Å²) in [6, 6.07) is 19.7. The Morgan fingerprint density at radius 1 is 1.07 bits per heavy atom. The molecule has 0 spiro atoms. The number of rotatable bonds is 4. The molecule has 0 amide bonds. The molecule has 1 aliphatic rings. The first kappa shape index (κ1) is 19.1. The van der Waals surface area contributed by atoms with E-state index in [-0.39, 0.29) is 5.92 Å². The summed E-state index contributed by atoms with van der Waals surface area (Å²) in [6.07, 6.45) is 0.644. The maximum absolute atomic E-state index is 11.3. The minimum Gasteiger partial charge on any atom is -0.466 e. The average Bonchev–Trinajstić information content (AvgIpc) is 2.67. The normalized spacial score (nSPS) is 20.3. The van der Waals surface area contributed by atoms with Crippen LogP contribution in [-0.4, -0.2) is 21.1 Å². The summed E-state index contributed by atoms with van der Waals surface area (Å²) in [7, 11) is -3.28. The molecule has 3 aromatic rings. The van der Waals surface area contributed by atoms with E-state index in [1.165, 1.54) is 0 Å². The van der Waals surface area contributed by atoms with Gasteiger partial charge in [0.25, 0.3) is 0 Å². The Hall–Kier alpha value is -2.25. The van der Waals surface area contributed by atoms with Crippen LogP contribution in [-0.2, 0) is 0 Å². The zero-order valence-corrected chi connectivity index (χ0v) is 16.9. The zero-order valence-electron chi connectivity index (χ0n) is 16.1. The van der Waals surface area contributed by atoms with E-state index in [9.17, 15) is 9.11 Å². The van der Waals surface area contributed by atoms with E-state index >= 15 is 0 Å². The molecule has 0 fully saturated rings. The highest BCUT2D eigenvalue weighted by atomic mass is 32.3. The lowest BCUT2D eigenvalue weighted by Gasteiger charge is -2.53. The SMILES string of the molecule is Cc1ccc(N2c3cc4ccccc4cc3OC(C(C)CCN)S2(O)O)cc1. The van der Waals surface area contributed by atoms with Crippen LogP contribution < -0.4 is 14.8 Å². The molecule has 148 valence electrons. The molecule has 6 heteroatoms. The fourth-order valence-electron chi connectivity index (χ4n) is 3.70. The number of hydrogen-bond acceptors (Lipinski definition) is 5. The Morgan fingerprint density at radius 2 is 1.71 bits per heavy atom. The van der Waals surface area contributed by atoms with Crippen molar-refractivity contribution < 1.29 is 13.8 Å². The van der Waals surface area contributed by atoms with Gasteiger partial charge in [0, 0.05) is 5.92 Å². The van der Waals surface area contributed by atoms with Crippen molar-refractivity contribution in [1.29, 1.82) is 0 Å². The molecule has 0 saturated carbocycles. The van der Waals surface area contributed by atoms with Crippen LogP contribution in [0.3, 0.4) is 0 Å². The predicted octanol–water partition coefficient (Wildman–Crippen LogP) is 5.66. The monoisotopic (exact) mass is 398 g/mol.